The molecular weight excluding hydrogens is 266 g/mol. The third-order valence-electron chi connectivity index (χ3n) is 3.58. The van der Waals surface area contributed by atoms with Gasteiger partial charge in [-0.1, -0.05) is 25.9 Å². The van der Waals surface area contributed by atoms with E-state index < -0.39 is 0 Å². The van der Waals surface area contributed by atoms with Crippen molar-refractivity contribution in [3.63, 3.8) is 0 Å². The maximum atomic E-state index is 5.67. The van der Waals surface area contributed by atoms with Crippen molar-refractivity contribution in [1.29, 1.82) is 0 Å². The standard InChI is InChI=1S/C16H25N3O2/c1-11(2)16-17-15(18-21-16)10-19(5)9-8-12(3)14-7-6-13(4)20-14/h6-7,11-12H,8-10H2,1-5H3. The molecule has 0 spiro atoms. The Morgan fingerprint density at radius 1 is 1.24 bits per heavy atom. The monoisotopic (exact) mass is 291 g/mol. The van der Waals surface area contributed by atoms with Crippen LogP contribution in [0.3, 0.4) is 0 Å². The average Bonchev–Trinajstić information content (AvgIpc) is 3.05. The molecule has 0 aliphatic heterocycles. The summed E-state index contributed by atoms with van der Waals surface area (Å²) in [6.07, 6.45) is 1.04. The summed E-state index contributed by atoms with van der Waals surface area (Å²) >= 11 is 0. The van der Waals surface area contributed by atoms with E-state index in [0.717, 1.165) is 30.3 Å². The van der Waals surface area contributed by atoms with E-state index in [0.29, 0.717) is 18.4 Å². The molecule has 0 saturated carbocycles. The van der Waals surface area contributed by atoms with Crippen molar-refractivity contribution < 1.29 is 8.94 Å². The van der Waals surface area contributed by atoms with Gasteiger partial charge in [-0.05, 0) is 39.1 Å². The number of furan rings is 1. The van der Waals surface area contributed by atoms with E-state index in [4.69, 9.17) is 8.94 Å². The zero-order valence-electron chi connectivity index (χ0n) is 13.6. The Hall–Kier alpha value is -1.62. The van der Waals surface area contributed by atoms with Gasteiger partial charge in [-0.2, -0.15) is 4.98 Å². The highest BCUT2D eigenvalue weighted by Crippen LogP contribution is 2.21. The van der Waals surface area contributed by atoms with Crippen LogP contribution in [0.4, 0.5) is 0 Å². The largest absolute Gasteiger partial charge is 0.466 e. The molecule has 0 aromatic carbocycles. The molecule has 1 unspecified atom stereocenters. The van der Waals surface area contributed by atoms with Crippen LogP contribution in [0.1, 0.15) is 62.3 Å². The van der Waals surface area contributed by atoms with Gasteiger partial charge in [-0.3, -0.25) is 4.90 Å². The van der Waals surface area contributed by atoms with Crippen molar-refractivity contribution in [2.45, 2.75) is 52.5 Å². The minimum Gasteiger partial charge on any atom is -0.466 e. The molecule has 0 radical (unpaired) electrons. The average molecular weight is 291 g/mol. The molecule has 0 fully saturated rings. The van der Waals surface area contributed by atoms with Crippen LogP contribution in [-0.2, 0) is 6.54 Å². The highest BCUT2D eigenvalue weighted by Gasteiger charge is 2.14. The minimum atomic E-state index is 0.277. The number of hydrogen-bond donors (Lipinski definition) is 0. The van der Waals surface area contributed by atoms with Crippen molar-refractivity contribution in [1.82, 2.24) is 15.0 Å². The van der Waals surface area contributed by atoms with Gasteiger partial charge in [0.15, 0.2) is 5.82 Å². The lowest BCUT2D eigenvalue weighted by Crippen LogP contribution is -2.21. The molecule has 116 valence electrons. The predicted octanol–water partition coefficient (Wildman–Crippen LogP) is 3.72. The van der Waals surface area contributed by atoms with Gasteiger partial charge < -0.3 is 8.94 Å². The maximum Gasteiger partial charge on any atom is 0.229 e. The van der Waals surface area contributed by atoms with E-state index in [1.807, 2.05) is 26.8 Å². The van der Waals surface area contributed by atoms with Gasteiger partial charge in [-0.25, -0.2) is 0 Å². The van der Waals surface area contributed by atoms with Crippen LogP contribution in [0.5, 0.6) is 0 Å². The molecule has 0 saturated heterocycles. The van der Waals surface area contributed by atoms with Crippen LogP contribution in [0.25, 0.3) is 0 Å². The van der Waals surface area contributed by atoms with E-state index in [9.17, 15) is 0 Å². The van der Waals surface area contributed by atoms with E-state index >= 15 is 0 Å². The molecule has 1 atom stereocenters. The fraction of sp³-hybridized carbons (Fsp3) is 0.625. The summed E-state index contributed by atoms with van der Waals surface area (Å²) in [6, 6.07) is 4.08. The summed E-state index contributed by atoms with van der Waals surface area (Å²) in [5, 5.41) is 4.02. The molecule has 5 nitrogen and oxygen atoms in total. The SMILES string of the molecule is Cc1ccc(C(C)CCN(C)Cc2noc(C(C)C)n2)o1. The second-order valence-electron chi connectivity index (χ2n) is 6.08. The first-order valence-corrected chi connectivity index (χ1v) is 7.53. The Morgan fingerprint density at radius 3 is 2.57 bits per heavy atom. The first kappa shape index (κ1) is 15.8. The van der Waals surface area contributed by atoms with E-state index in [1.165, 1.54) is 0 Å². The van der Waals surface area contributed by atoms with Crippen molar-refractivity contribution in [3.8, 4) is 0 Å². The lowest BCUT2D eigenvalue weighted by Gasteiger charge is -2.16. The molecule has 21 heavy (non-hydrogen) atoms. The minimum absolute atomic E-state index is 0.277. The lowest BCUT2D eigenvalue weighted by atomic mass is 10.1. The van der Waals surface area contributed by atoms with Crippen LogP contribution >= 0.6 is 0 Å². The van der Waals surface area contributed by atoms with Gasteiger partial charge >= 0.3 is 0 Å². The molecule has 2 heterocycles. The molecule has 2 aromatic heterocycles. The molecular formula is C16H25N3O2. The Morgan fingerprint density at radius 2 is 2.00 bits per heavy atom. The van der Waals surface area contributed by atoms with Crippen molar-refractivity contribution in [3.05, 3.63) is 35.4 Å². The third-order valence-corrected chi connectivity index (χ3v) is 3.58. The highest BCUT2D eigenvalue weighted by atomic mass is 16.5. The van der Waals surface area contributed by atoms with Crippen LogP contribution in [0.15, 0.2) is 21.1 Å². The third kappa shape index (κ3) is 4.43. The number of aromatic nitrogens is 2. The van der Waals surface area contributed by atoms with Crippen molar-refractivity contribution >= 4 is 0 Å². The summed E-state index contributed by atoms with van der Waals surface area (Å²) in [5.74, 6) is 4.18. The maximum absolute atomic E-state index is 5.67. The first-order chi connectivity index (χ1) is 9.95. The van der Waals surface area contributed by atoms with Gasteiger partial charge in [0.25, 0.3) is 0 Å². The number of hydrogen-bond acceptors (Lipinski definition) is 5. The molecule has 0 amide bonds. The summed E-state index contributed by atoms with van der Waals surface area (Å²) in [7, 11) is 2.07. The molecule has 0 aliphatic rings. The summed E-state index contributed by atoms with van der Waals surface area (Å²) in [4.78, 5) is 6.61. The normalized spacial score (nSPS) is 13.3. The summed E-state index contributed by atoms with van der Waals surface area (Å²) in [5.41, 5.74) is 0. The zero-order chi connectivity index (χ0) is 15.4. The summed E-state index contributed by atoms with van der Waals surface area (Å²) < 4.78 is 10.9. The van der Waals surface area contributed by atoms with E-state index in [1.54, 1.807) is 0 Å². The number of nitrogens with zero attached hydrogens (tertiary/aromatic N) is 3. The van der Waals surface area contributed by atoms with Gasteiger partial charge in [0.05, 0.1) is 6.54 Å². The fourth-order valence-electron chi connectivity index (χ4n) is 2.16. The Labute approximate surface area is 126 Å². The second-order valence-corrected chi connectivity index (χ2v) is 6.08. The van der Waals surface area contributed by atoms with Gasteiger partial charge in [-0.15, -0.1) is 0 Å². The second kappa shape index (κ2) is 6.89. The lowest BCUT2D eigenvalue weighted by molar-refractivity contribution is 0.289. The smallest absolute Gasteiger partial charge is 0.229 e. The van der Waals surface area contributed by atoms with Crippen molar-refractivity contribution in [2.75, 3.05) is 13.6 Å². The van der Waals surface area contributed by atoms with Crippen LogP contribution in [-0.4, -0.2) is 28.6 Å². The predicted molar refractivity (Wildman–Crippen MR) is 81.2 cm³/mol. The zero-order valence-corrected chi connectivity index (χ0v) is 13.6. The number of aryl methyl sites for hydroxylation is 1. The van der Waals surface area contributed by atoms with E-state index in [2.05, 4.69) is 35.1 Å². The topological polar surface area (TPSA) is 55.3 Å². The molecule has 5 heteroatoms. The van der Waals surface area contributed by atoms with Crippen LogP contribution < -0.4 is 0 Å². The molecule has 0 N–H and O–H groups in total. The number of rotatable bonds is 7. The molecule has 2 rings (SSSR count). The van der Waals surface area contributed by atoms with Gasteiger partial charge in [0, 0.05) is 11.8 Å². The molecule has 2 aromatic rings. The van der Waals surface area contributed by atoms with Gasteiger partial charge in [0.1, 0.15) is 11.5 Å². The highest BCUT2D eigenvalue weighted by molar-refractivity contribution is 5.09. The molecule has 0 bridgehead atoms. The van der Waals surface area contributed by atoms with E-state index in [-0.39, 0.29) is 5.92 Å². The summed E-state index contributed by atoms with van der Waals surface area (Å²) in [6.45, 7) is 9.94. The molecule has 0 aliphatic carbocycles. The van der Waals surface area contributed by atoms with Crippen molar-refractivity contribution in [2.24, 2.45) is 0 Å². The first-order valence-electron chi connectivity index (χ1n) is 7.53. The Kier molecular flexibility index (Phi) is 5.17. The van der Waals surface area contributed by atoms with Crippen LogP contribution in [0, 0.1) is 6.92 Å². The van der Waals surface area contributed by atoms with Gasteiger partial charge in [0.2, 0.25) is 5.89 Å². The fourth-order valence-corrected chi connectivity index (χ4v) is 2.16. The Bertz CT molecular complexity index is 559. The quantitative estimate of drug-likeness (QED) is 0.778. The Balaban J connectivity index is 1.80. The van der Waals surface area contributed by atoms with Crippen LogP contribution in [0.2, 0.25) is 0 Å².